The van der Waals surface area contributed by atoms with Gasteiger partial charge in [-0.25, -0.2) is 0 Å². The third kappa shape index (κ3) is 5.91. The molecule has 0 saturated carbocycles. The molecule has 0 unspecified atom stereocenters. The summed E-state index contributed by atoms with van der Waals surface area (Å²) in [4.78, 5) is 0. The van der Waals surface area contributed by atoms with Gasteiger partial charge >= 0.3 is 0 Å². The molecule has 2 aliphatic heterocycles. The van der Waals surface area contributed by atoms with Crippen LogP contribution in [0.5, 0.6) is 0 Å². The van der Waals surface area contributed by atoms with Crippen molar-refractivity contribution in [3.8, 4) is 12.3 Å². The molecule has 0 amide bonds. The normalized spacial score (nSPS) is 20.2. The molecule has 2 rings (SSSR count). The van der Waals surface area contributed by atoms with Gasteiger partial charge < -0.3 is 10.6 Å². The Kier molecular flexibility index (Phi) is 7.79. The van der Waals surface area contributed by atoms with Crippen LogP contribution in [0.3, 0.4) is 0 Å². The molecule has 0 spiro atoms. The molecule has 0 radical (unpaired) electrons. The first kappa shape index (κ1) is 14.3. The zero-order valence-electron chi connectivity index (χ0n) is 11.1. The van der Waals surface area contributed by atoms with E-state index in [-0.39, 0.29) is 0 Å². The minimum Gasteiger partial charge on any atom is -0.317 e. The summed E-state index contributed by atoms with van der Waals surface area (Å²) < 4.78 is 0. The molecule has 0 aromatic carbocycles. The molecule has 2 nitrogen and oxygen atoms in total. The van der Waals surface area contributed by atoms with Crippen LogP contribution in [0.1, 0.15) is 45.4 Å². The van der Waals surface area contributed by atoms with Crippen molar-refractivity contribution < 1.29 is 0 Å². The Hall–Kier alpha value is -0.780. The van der Waals surface area contributed by atoms with E-state index in [0.717, 1.165) is 25.9 Å². The molecule has 0 bridgehead atoms. The summed E-state index contributed by atoms with van der Waals surface area (Å²) in [6.45, 7) is 6.75. The summed E-state index contributed by atoms with van der Waals surface area (Å²) in [5.41, 5.74) is 2.69. The highest BCUT2D eigenvalue weighted by molar-refractivity contribution is 5.33. The van der Waals surface area contributed by atoms with E-state index >= 15 is 0 Å². The molecule has 1 fully saturated rings. The van der Waals surface area contributed by atoms with Gasteiger partial charge in [-0.05, 0) is 44.3 Å². The summed E-state index contributed by atoms with van der Waals surface area (Å²) >= 11 is 0. The fraction of sp³-hybridized carbons (Fsp3) is 0.733. The van der Waals surface area contributed by atoms with Gasteiger partial charge in [0.15, 0.2) is 0 Å². The molecule has 2 heteroatoms. The number of hydrogen-bond acceptors (Lipinski definition) is 2. The highest BCUT2D eigenvalue weighted by atomic mass is 14.9. The Morgan fingerprint density at radius 2 is 1.88 bits per heavy atom. The number of piperidine rings is 1. The van der Waals surface area contributed by atoms with Crippen LogP contribution in [0.4, 0.5) is 0 Å². The SMILES string of the molecule is C#CC1=C(CCC)CNCC1.C1CCNCC1. The molecule has 0 atom stereocenters. The first-order chi connectivity index (χ1) is 8.38. The summed E-state index contributed by atoms with van der Waals surface area (Å²) in [5, 5.41) is 6.62. The lowest BCUT2D eigenvalue weighted by atomic mass is 9.98. The van der Waals surface area contributed by atoms with Gasteiger partial charge in [0.1, 0.15) is 0 Å². The van der Waals surface area contributed by atoms with Gasteiger partial charge in [-0.3, -0.25) is 0 Å². The van der Waals surface area contributed by atoms with Crippen molar-refractivity contribution in [2.45, 2.75) is 45.4 Å². The summed E-state index contributed by atoms with van der Waals surface area (Å²) in [6, 6.07) is 0. The van der Waals surface area contributed by atoms with E-state index in [2.05, 4.69) is 23.5 Å². The fourth-order valence-corrected chi connectivity index (χ4v) is 2.25. The average molecular weight is 234 g/mol. The minimum atomic E-state index is 1.01. The Morgan fingerprint density at radius 3 is 2.35 bits per heavy atom. The third-order valence-corrected chi connectivity index (χ3v) is 3.25. The van der Waals surface area contributed by atoms with E-state index in [1.54, 1.807) is 0 Å². The van der Waals surface area contributed by atoms with Crippen molar-refractivity contribution in [2.24, 2.45) is 0 Å². The second kappa shape index (κ2) is 9.27. The van der Waals surface area contributed by atoms with Crippen LogP contribution >= 0.6 is 0 Å². The maximum Gasteiger partial charge on any atom is 0.0176 e. The molecule has 96 valence electrons. The van der Waals surface area contributed by atoms with E-state index in [4.69, 9.17) is 6.42 Å². The van der Waals surface area contributed by atoms with Gasteiger partial charge in [-0.1, -0.05) is 25.7 Å². The van der Waals surface area contributed by atoms with E-state index < -0.39 is 0 Å². The molecular weight excluding hydrogens is 208 g/mol. The highest BCUT2D eigenvalue weighted by Gasteiger charge is 2.08. The lowest BCUT2D eigenvalue weighted by molar-refractivity contribution is 0.520. The van der Waals surface area contributed by atoms with Gasteiger partial charge in [0.05, 0.1) is 0 Å². The maximum atomic E-state index is 5.39. The van der Waals surface area contributed by atoms with Crippen LogP contribution in [0.25, 0.3) is 0 Å². The Bertz CT molecular complexity index is 258. The van der Waals surface area contributed by atoms with Crippen molar-refractivity contribution in [2.75, 3.05) is 26.2 Å². The Morgan fingerprint density at radius 1 is 1.12 bits per heavy atom. The third-order valence-electron chi connectivity index (χ3n) is 3.25. The van der Waals surface area contributed by atoms with Crippen molar-refractivity contribution >= 4 is 0 Å². The standard InChI is InChI=1S/C10H15N.C5H11N/c1-3-5-10-8-11-7-6-9(10)4-2;1-2-4-6-5-3-1/h2,11H,3,5-8H2,1H3;6H,1-5H2. The maximum absolute atomic E-state index is 5.39. The zero-order valence-corrected chi connectivity index (χ0v) is 11.1. The second-order valence-electron chi connectivity index (χ2n) is 4.71. The number of rotatable bonds is 2. The van der Waals surface area contributed by atoms with Crippen LogP contribution in [0, 0.1) is 12.3 Å². The summed E-state index contributed by atoms with van der Waals surface area (Å²) in [7, 11) is 0. The van der Waals surface area contributed by atoms with Crippen LogP contribution in [-0.2, 0) is 0 Å². The Balaban J connectivity index is 0.000000202. The smallest absolute Gasteiger partial charge is 0.0176 e. The zero-order chi connectivity index (χ0) is 12.3. The van der Waals surface area contributed by atoms with Gasteiger partial charge in [-0.2, -0.15) is 0 Å². The minimum absolute atomic E-state index is 1.01. The van der Waals surface area contributed by atoms with E-state index in [0.29, 0.717) is 0 Å². The number of hydrogen-bond donors (Lipinski definition) is 2. The molecule has 2 N–H and O–H groups in total. The van der Waals surface area contributed by atoms with Crippen molar-refractivity contribution in [1.29, 1.82) is 0 Å². The first-order valence-electron chi connectivity index (χ1n) is 6.97. The van der Waals surface area contributed by atoms with Gasteiger partial charge in [0.2, 0.25) is 0 Å². The van der Waals surface area contributed by atoms with Crippen LogP contribution in [0.15, 0.2) is 11.1 Å². The summed E-state index contributed by atoms with van der Waals surface area (Å²) in [5.74, 6) is 2.78. The lowest BCUT2D eigenvalue weighted by Gasteiger charge is -2.17. The second-order valence-corrected chi connectivity index (χ2v) is 4.71. The van der Waals surface area contributed by atoms with E-state index in [9.17, 15) is 0 Å². The Labute approximate surface area is 106 Å². The largest absolute Gasteiger partial charge is 0.317 e. The van der Waals surface area contributed by atoms with Crippen molar-refractivity contribution in [3.05, 3.63) is 11.1 Å². The average Bonchev–Trinajstić information content (AvgIpc) is 2.42. The first-order valence-corrected chi connectivity index (χ1v) is 6.97. The molecule has 2 heterocycles. The van der Waals surface area contributed by atoms with Crippen molar-refractivity contribution in [3.63, 3.8) is 0 Å². The van der Waals surface area contributed by atoms with Gasteiger partial charge in [0.25, 0.3) is 0 Å². The monoisotopic (exact) mass is 234 g/mol. The predicted octanol–water partition coefficient (Wildman–Crippen LogP) is 2.47. The van der Waals surface area contributed by atoms with Crippen molar-refractivity contribution in [1.82, 2.24) is 10.6 Å². The highest BCUT2D eigenvalue weighted by Crippen LogP contribution is 2.15. The lowest BCUT2D eigenvalue weighted by Crippen LogP contribution is -2.24. The summed E-state index contributed by atoms with van der Waals surface area (Å²) in [6.07, 6.45) is 13.0. The van der Waals surface area contributed by atoms with Crippen LogP contribution < -0.4 is 10.6 Å². The van der Waals surface area contributed by atoms with Gasteiger partial charge in [-0.15, -0.1) is 6.42 Å². The molecule has 0 aliphatic carbocycles. The quantitative estimate of drug-likeness (QED) is 0.717. The van der Waals surface area contributed by atoms with E-state index in [1.165, 1.54) is 49.9 Å². The number of nitrogens with one attached hydrogen (secondary N) is 2. The van der Waals surface area contributed by atoms with Crippen LogP contribution in [0.2, 0.25) is 0 Å². The predicted molar refractivity (Wildman–Crippen MR) is 75.0 cm³/mol. The molecule has 2 aliphatic rings. The number of terminal acetylenes is 1. The molecule has 0 aromatic heterocycles. The fourth-order valence-electron chi connectivity index (χ4n) is 2.25. The van der Waals surface area contributed by atoms with Gasteiger partial charge in [0, 0.05) is 18.7 Å². The van der Waals surface area contributed by atoms with E-state index in [1.807, 2.05) is 0 Å². The molecular formula is C15H26N2. The molecule has 1 saturated heterocycles. The molecule has 0 aromatic rings. The van der Waals surface area contributed by atoms with Crippen LogP contribution in [-0.4, -0.2) is 26.2 Å². The molecule has 17 heavy (non-hydrogen) atoms. The topological polar surface area (TPSA) is 24.1 Å².